The number of carbonyl (C=O) groups excluding carboxylic acids is 2. The molecule has 1 heterocycles. The van der Waals surface area contributed by atoms with Crippen LogP contribution < -0.4 is 0 Å². The van der Waals surface area contributed by atoms with Crippen LogP contribution in [0.2, 0.25) is 0 Å². The molecule has 1 aliphatic heterocycles. The normalized spacial score (nSPS) is 15.3. The summed E-state index contributed by atoms with van der Waals surface area (Å²) in [6.45, 7) is 1.97. The van der Waals surface area contributed by atoms with Crippen molar-refractivity contribution < 1.29 is 14.3 Å². The van der Waals surface area contributed by atoms with Crippen LogP contribution in [0.15, 0.2) is 30.3 Å². The zero-order valence-corrected chi connectivity index (χ0v) is 9.03. The van der Waals surface area contributed by atoms with Crippen molar-refractivity contribution in [3.8, 4) is 0 Å². The lowest BCUT2D eigenvalue weighted by atomic mass is 10.0. The van der Waals surface area contributed by atoms with Crippen LogP contribution in [0.1, 0.15) is 29.3 Å². The molecule has 0 saturated carbocycles. The van der Waals surface area contributed by atoms with Crippen molar-refractivity contribution in [2.75, 3.05) is 6.61 Å². The molecule has 3 heteroatoms. The Labute approximate surface area is 93.7 Å². The largest absolute Gasteiger partial charge is 0.462 e. The number of cyclic esters (lactones) is 1. The molecule has 1 aromatic carbocycles. The summed E-state index contributed by atoms with van der Waals surface area (Å²) in [6.07, 6.45) is 2.62. The van der Waals surface area contributed by atoms with Crippen LogP contribution in [0.25, 0.3) is 5.57 Å². The van der Waals surface area contributed by atoms with Crippen molar-refractivity contribution in [2.45, 2.75) is 13.3 Å². The van der Waals surface area contributed by atoms with Gasteiger partial charge in [0.25, 0.3) is 0 Å². The molecule has 0 aliphatic carbocycles. The van der Waals surface area contributed by atoms with Gasteiger partial charge in [-0.15, -0.1) is 0 Å². The molecule has 0 aromatic heterocycles. The molecule has 3 nitrogen and oxygen atoms in total. The Hall–Kier alpha value is -1.90. The van der Waals surface area contributed by atoms with Crippen LogP contribution >= 0.6 is 0 Å². The summed E-state index contributed by atoms with van der Waals surface area (Å²) in [5, 5.41) is 0. The number of rotatable bonds is 2. The van der Waals surface area contributed by atoms with Gasteiger partial charge in [-0.25, -0.2) is 4.79 Å². The first-order valence-corrected chi connectivity index (χ1v) is 5.17. The van der Waals surface area contributed by atoms with Gasteiger partial charge in [-0.3, -0.25) is 4.79 Å². The van der Waals surface area contributed by atoms with Crippen molar-refractivity contribution in [1.29, 1.82) is 0 Å². The van der Waals surface area contributed by atoms with E-state index in [0.29, 0.717) is 17.7 Å². The second-order valence-corrected chi connectivity index (χ2v) is 3.68. The molecule has 0 unspecified atom stereocenters. The molecule has 0 amide bonds. The molecule has 16 heavy (non-hydrogen) atoms. The molecular formula is C13H12O3. The Balaban J connectivity index is 2.31. The average molecular weight is 216 g/mol. The highest BCUT2D eigenvalue weighted by molar-refractivity contribution is 6.17. The Kier molecular flexibility index (Phi) is 2.86. The summed E-state index contributed by atoms with van der Waals surface area (Å²) in [7, 11) is 0. The lowest BCUT2D eigenvalue weighted by Crippen LogP contribution is -2.12. The number of ketones is 1. The van der Waals surface area contributed by atoms with Gasteiger partial charge in [0.05, 0.1) is 12.2 Å². The van der Waals surface area contributed by atoms with Gasteiger partial charge in [-0.1, -0.05) is 30.3 Å². The van der Waals surface area contributed by atoms with Gasteiger partial charge in [-0.05, 0) is 12.5 Å². The van der Waals surface area contributed by atoms with E-state index in [4.69, 9.17) is 4.74 Å². The van der Waals surface area contributed by atoms with E-state index in [1.165, 1.54) is 6.92 Å². The van der Waals surface area contributed by atoms with Crippen molar-refractivity contribution in [3.63, 3.8) is 0 Å². The van der Waals surface area contributed by atoms with Crippen LogP contribution in [0, 0.1) is 0 Å². The predicted octanol–water partition coefficient (Wildman–Crippen LogP) is 2.22. The van der Waals surface area contributed by atoms with Gasteiger partial charge in [0, 0.05) is 12.0 Å². The van der Waals surface area contributed by atoms with Crippen LogP contribution in [0.4, 0.5) is 0 Å². The Bertz CT molecular complexity index is 455. The molecule has 1 aromatic rings. The van der Waals surface area contributed by atoms with Crippen LogP contribution in [0.3, 0.4) is 0 Å². The van der Waals surface area contributed by atoms with Crippen LogP contribution in [0.5, 0.6) is 0 Å². The molecule has 1 aliphatic rings. The molecule has 0 bridgehead atoms. The lowest BCUT2D eigenvalue weighted by Gasteiger charge is -2.12. The molecule has 0 saturated heterocycles. The van der Waals surface area contributed by atoms with E-state index in [1.54, 1.807) is 24.3 Å². The van der Waals surface area contributed by atoms with Crippen molar-refractivity contribution in [3.05, 3.63) is 41.5 Å². The number of esters is 1. The highest BCUT2D eigenvalue weighted by atomic mass is 16.5. The lowest BCUT2D eigenvalue weighted by molar-refractivity contribution is -0.137. The highest BCUT2D eigenvalue weighted by Crippen LogP contribution is 2.20. The van der Waals surface area contributed by atoms with Gasteiger partial charge in [0.15, 0.2) is 5.78 Å². The molecule has 0 fully saturated rings. The number of ether oxygens (including phenoxy) is 1. The second kappa shape index (κ2) is 4.31. The van der Waals surface area contributed by atoms with Crippen molar-refractivity contribution >= 4 is 17.3 Å². The smallest absolute Gasteiger partial charge is 0.338 e. The zero-order chi connectivity index (χ0) is 11.5. The summed E-state index contributed by atoms with van der Waals surface area (Å²) < 4.78 is 4.95. The van der Waals surface area contributed by atoms with E-state index in [-0.39, 0.29) is 11.8 Å². The summed E-state index contributed by atoms with van der Waals surface area (Å²) in [5.41, 5.74) is 2.03. The standard InChI is InChI=1S/C13H12O3/c1-9(14)10-4-6-11(7-5-10)12-3-2-8-16-13(12)15/h3-7H,2,8H2,1H3. The first-order chi connectivity index (χ1) is 7.68. The van der Waals surface area contributed by atoms with Gasteiger partial charge in [0.1, 0.15) is 0 Å². The Morgan fingerprint density at radius 3 is 2.50 bits per heavy atom. The molecular weight excluding hydrogens is 204 g/mol. The summed E-state index contributed by atoms with van der Waals surface area (Å²) in [6, 6.07) is 6.99. The number of Topliss-reactive ketones (excluding diaryl/α,β-unsaturated/α-hetero) is 1. The number of carbonyl (C=O) groups is 2. The second-order valence-electron chi connectivity index (χ2n) is 3.68. The first-order valence-electron chi connectivity index (χ1n) is 5.17. The third kappa shape index (κ3) is 2.03. The third-order valence-corrected chi connectivity index (χ3v) is 2.52. The predicted molar refractivity (Wildman–Crippen MR) is 60.0 cm³/mol. The first kappa shape index (κ1) is 10.6. The minimum atomic E-state index is -0.290. The van der Waals surface area contributed by atoms with Gasteiger partial charge < -0.3 is 4.74 Å². The molecule has 0 atom stereocenters. The SMILES string of the molecule is CC(=O)c1ccc(C2=CCCOC2=O)cc1. The fourth-order valence-corrected chi connectivity index (χ4v) is 1.64. The van der Waals surface area contributed by atoms with Crippen molar-refractivity contribution in [1.82, 2.24) is 0 Å². The van der Waals surface area contributed by atoms with Crippen LogP contribution in [-0.2, 0) is 9.53 Å². The Morgan fingerprint density at radius 2 is 1.94 bits per heavy atom. The van der Waals surface area contributed by atoms with E-state index in [0.717, 1.165) is 12.0 Å². The minimum absolute atomic E-state index is 0.0201. The third-order valence-electron chi connectivity index (χ3n) is 2.52. The van der Waals surface area contributed by atoms with Gasteiger partial charge in [0.2, 0.25) is 0 Å². The monoisotopic (exact) mass is 216 g/mol. The molecule has 0 radical (unpaired) electrons. The Morgan fingerprint density at radius 1 is 1.25 bits per heavy atom. The van der Waals surface area contributed by atoms with Crippen molar-refractivity contribution in [2.24, 2.45) is 0 Å². The number of hydrogen-bond donors (Lipinski definition) is 0. The highest BCUT2D eigenvalue weighted by Gasteiger charge is 2.16. The maximum atomic E-state index is 11.5. The van der Waals surface area contributed by atoms with Gasteiger partial charge in [-0.2, -0.15) is 0 Å². The fraction of sp³-hybridized carbons (Fsp3) is 0.231. The topological polar surface area (TPSA) is 43.4 Å². The van der Waals surface area contributed by atoms with Gasteiger partial charge >= 0.3 is 5.97 Å². The van der Waals surface area contributed by atoms with Crippen LogP contribution in [-0.4, -0.2) is 18.4 Å². The maximum Gasteiger partial charge on any atom is 0.338 e. The summed E-state index contributed by atoms with van der Waals surface area (Å²) in [4.78, 5) is 22.5. The summed E-state index contributed by atoms with van der Waals surface area (Å²) in [5.74, 6) is -0.270. The van der Waals surface area contributed by atoms with E-state index in [9.17, 15) is 9.59 Å². The molecule has 82 valence electrons. The van der Waals surface area contributed by atoms with E-state index in [1.807, 2.05) is 6.08 Å². The zero-order valence-electron chi connectivity index (χ0n) is 9.03. The average Bonchev–Trinajstić information content (AvgIpc) is 2.30. The molecule has 0 N–H and O–H groups in total. The fourth-order valence-electron chi connectivity index (χ4n) is 1.64. The van der Waals surface area contributed by atoms with E-state index >= 15 is 0 Å². The van der Waals surface area contributed by atoms with E-state index < -0.39 is 0 Å². The molecule has 2 rings (SSSR count). The van der Waals surface area contributed by atoms with E-state index in [2.05, 4.69) is 0 Å². The molecule has 0 spiro atoms. The number of hydrogen-bond acceptors (Lipinski definition) is 3. The summed E-state index contributed by atoms with van der Waals surface area (Å²) >= 11 is 0. The minimum Gasteiger partial charge on any atom is -0.462 e. The maximum absolute atomic E-state index is 11.5. The quantitative estimate of drug-likeness (QED) is 0.562. The number of benzene rings is 1.